The van der Waals surface area contributed by atoms with Crippen LogP contribution in [0.3, 0.4) is 0 Å². The Morgan fingerprint density at radius 2 is 1.95 bits per heavy atom. The summed E-state index contributed by atoms with van der Waals surface area (Å²) in [6.07, 6.45) is 0. The molecule has 1 heterocycles. The van der Waals surface area contributed by atoms with E-state index in [1.807, 2.05) is 35.8 Å². The number of nitrogen functional groups attached to an aromatic ring is 2. The van der Waals surface area contributed by atoms with Crippen LogP contribution in [0.25, 0.3) is 0 Å². The maximum absolute atomic E-state index is 11.6. The van der Waals surface area contributed by atoms with E-state index in [2.05, 4.69) is 15.7 Å². The molecule has 2 rings (SSSR count). The summed E-state index contributed by atoms with van der Waals surface area (Å²) in [4.78, 5) is 15.6. The van der Waals surface area contributed by atoms with Crippen molar-refractivity contribution in [1.29, 1.82) is 0 Å². The van der Waals surface area contributed by atoms with E-state index in [1.54, 1.807) is 6.07 Å². The van der Waals surface area contributed by atoms with Gasteiger partial charge in [-0.25, -0.2) is 16.7 Å². The summed E-state index contributed by atoms with van der Waals surface area (Å²) in [5, 5.41) is 3.31. The van der Waals surface area contributed by atoms with Gasteiger partial charge in [0, 0.05) is 12.6 Å². The van der Waals surface area contributed by atoms with Gasteiger partial charge in [0.25, 0.3) is 5.91 Å². The highest BCUT2D eigenvalue weighted by Gasteiger charge is 2.16. The second-order valence-corrected chi connectivity index (χ2v) is 4.55. The highest BCUT2D eigenvalue weighted by atomic mass is 35.5. The Morgan fingerprint density at radius 3 is 2.57 bits per heavy atom. The zero-order valence-electron chi connectivity index (χ0n) is 11.1. The number of rotatable bonds is 5. The zero-order valence-corrected chi connectivity index (χ0v) is 11.8. The minimum Gasteiger partial charge on any atom is -0.380 e. The number of amides is 1. The Morgan fingerprint density at radius 1 is 1.24 bits per heavy atom. The van der Waals surface area contributed by atoms with Gasteiger partial charge in [-0.2, -0.15) is 0 Å². The summed E-state index contributed by atoms with van der Waals surface area (Å²) in [5.41, 5.74) is 5.96. The molecule has 8 heteroatoms. The number of halogens is 1. The average molecular weight is 307 g/mol. The third-order valence-electron chi connectivity index (χ3n) is 2.78. The Labute approximate surface area is 126 Å². The van der Waals surface area contributed by atoms with E-state index in [1.165, 1.54) is 0 Å². The number of carbonyl (C=O) groups excluding carboxylic acids is 1. The van der Waals surface area contributed by atoms with Crippen LogP contribution in [0.1, 0.15) is 16.1 Å². The van der Waals surface area contributed by atoms with E-state index in [0.29, 0.717) is 18.1 Å². The van der Waals surface area contributed by atoms with E-state index >= 15 is 0 Å². The topological polar surface area (TPSA) is 118 Å². The fourth-order valence-corrected chi connectivity index (χ4v) is 1.99. The first-order valence-electron chi connectivity index (χ1n) is 6.11. The van der Waals surface area contributed by atoms with E-state index in [-0.39, 0.29) is 10.7 Å². The molecule has 7 nitrogen and oxygen atoms in total. The number of hydrogen-bond acceptors (Lipinski definition) is 6. The van der Waals surface area contributed by atoms with Crippen LogP contribution in [0.15, 0.2) is 36.4 Å². The third kappa shape index (κ3) is 3.60. The molecule has 0 unspecified atom stereocenters. The van der Waals surface area contributed by atoms with Crippen molar-refractivity contribution in [1.82, 2.24) is 10.4 Å². The predicted molar refractivity (Wildman–Crippen MR) is 82.5 cm³/mol. The molecular formula is C13H15ClN6O. The minimum atomic E-state index is -0.597. The molecule has 0 spiro atoms. The standard InChI is InChI=1S/C13H15ClN6O/c14-11-9(17-7-8-4-2-1-3-5-8)6-10(19-15)18-12(11)13(21)20-16/h1-6H,7,15-16H2,(H,20,21)(H2,17,18,19). The number of aromatic nitrogens is 1. The lowest BCUT2D eigenvalue weighted by molar-refractivity contribution is 0.0949. The number of anilines is 2. The molecule has 0 radical (unpaired) electrons. The second kappa shape index (κ2) is 6.89. The molecule has 7 N–H and O–H groups in total. The molecule has 21 heavy (non-hydrogen) atoms. The number of carbonyl (C=O) groups is 1. The summed E-state index contributed by atoms with van der Waals surface area (Å²) >= 11 is 6.17. The highest BCUT2D eigenvalue weighted by Crippen LogP contribution is 2.28. The van der Waals surface area contributed by atoms with Crippen LogP contribution in [0.5, 0.6) is 0 Å². The van der Waals surface area contributed by atoms with Gasteiger partial charge in [-0.05, 0) is 5.56 Å². The van der Waals surface area contributed by atoms with Gasteiger partial charge in [-0.1, -0.05) is 41.9 Å². The molecule has 1 aromatic carbocycles. The minimum absolute atomic E-state index is 0.00909. The zero-order chi connectivity index (χ0) is 15.2. The van der Waals surface area contributed by atoms with Crippen molar-refractivity contribution in [2.24, 2.45) is 11.7 Å². The maximum Gasteiger partial charge on any atom is 0.285 e. The molecule has 0 saturated carbocycles. The van der Waals surface area contributed by atoms with Crippen molar-refractivity contribution >= 4 is 29.0 Å². The van der Waals surface area contributed by atoms with E-state index in [9.17, 15) is 4.79 Å². The first kappa shape index (κ1) is 15.0. The smallest absolute Gasteiger partial charge is 0.285 e. The van der Waals surface area contributed by atoms with Gasteiger partial charge < -0.3 is 10.7 Å². The van der Waals surface area contributed by atoms with Gasteiger partial charge in [0.2, 0.25) is 0 Å². The van der Waals surface area contributed by atoms with Crippen molar-refractivity contribution in [2.45, 2.75) is 6.54 Å². The number of pyridine rings is 1. The largest absolute Gasteiger partial charge is 0.380 e. The molecule has 2 aromatic rings. The number of nitrogens with zero attached hydrogens (tertiary/aromatic N) is 1. The molecule has 0 saturated heterocycles. The van der Waals surface area contributed by atoms with Gasteiger partial charge in [0.1, 0.15) is 5.82 Å². The van der Waals surface area contributed by atoms with Crippen LogP contribution in [0.2, 0.25) is 5.02 Å². The normalized spacial score (nSPS) is 10.0. The van der Waals surface area contributed by atoms with Gasteiger partial charge >= 0.3 is 0 Å². The van der Waals surface area contributed by atoms with Crippen molar-refractivity contribution in [3.8, 4) is 0 Å². The monoisotopic (exact) mass is 306 g/mol. The average Bonchev–Trinajstić information content (AvgIpc) is 2.54. The molecule has 0 aliphatic heterocycles. The molecule has 0 fully saturated rings. The summed E-state index contributed by atoms with van der Waals surface area (Å²) in [7, 11) is 0. The van der Waals surface area contributed by atoms with Crippen molar-refractivity contribution in [3.63, 3.8) is 0 Å². The second-order valence-electron chi connectivity index (χ2n) is 4.17. The lowest BCUT2D eigenvalue weighted by Gasteiger charge is -2.13. The first-order valence-corrected chi connectivity index (χ1v) is 6.49. The number of hydrogen-bond donors (Lipinski definition) is 5. The van der Waals surface area contributed by atoms with Crippen LogP contribution in [-0.4, -0.2) is 10.9 Å². The van der Waals surface area contributed by atoms with Gasteiger partial charge in [-0.3, -0.25) is 10.2 Å². The van der Waals surface area contributed by atoms with Crippen LogP contribution < -0.4 is 27.9 Å². The van der Waals surface area contributed by atoms with Gasteiger partial charge in [0.15, 0.2) is 5.69 Å². The third-order valence-corrected chi connectivity index (χ3v) is 3.16. The van der Waals surface area contributed by atoms with Crippen LogP contribution >= 0.6 is 11.6 Å². The van der Waals surface area contributed by atoms with Crippen LogP contribution in [-0.2, 0) is 6.54 Å². The predicted octanol–water partition coefficient (Wildman–Crippen LogP) is 1.24. The molecule has 1 amide bonds. The van der Waals surface area contributed by atoms with Crippen LogP contribution in [0.4, 0.5) is 11.5 Å². The SMILES string of the molecule is NNC(=O)c1nc(NN)cc(NCc2ccccc2)c1Cl. The lowest BCUT2D eigenvalue weighted by atomic mass is 10.2. The summed E-state index contributed by atoms with van der Waals surface area (Å²) in [6, 6.07) is 11.4. The molecule has 110 valence electrons. The number of nitrogens with two attached hydrogens (primary N) is 2. The number of nitrogens with one attached hydrogen (secondary N) is 3. The number of hydrazine groups is 2. The van der Waals surface area contributed by atoms with Crippen molar-refractivity contribution in [2.75, 3.05) is 10.7 Å². The summed E-state index contributed by atoms with van der Waals surface area (Å²) in [6.45, 7) is 0.540. The van der Waals surface area contributed by atoms with E-state index < -0.39 is 5.91 Å². The Kier molecular flexibility index (Phi) is 4.94. The molecule has 0 aliphatic carbocycles. The number of benzene rings is 1. The van der Waals surface area contributed by atoms with Crippen molar-refractivity contribution in [3.05, 3.63) is 52.7 Å². The molecule has 0 atom stereocenters. The maximum atomic E-state index is 11.6. The van der Waals surface area contributed by atoms with Gasteiger partial charge in [0.05, 0.1) is 10.7 Å². The fraction of sp³-hybridized carbons (Fsp3) is 0.0769. The summed E-state index contributed by atoms with van der Waals surface area (Å²) < 4.78 is 0. The van der Waals surface area contributed by atoms with E-state index in [0.717, 1.165) is 5.56 Å². The van der Waals surface area contributed by atoms with E-state index in [4.69, 9.17) is 23.3 Å². The Bertz CT molecular complexity index is 634. The molecular weight excluding hydrogens is 292 g/mol. The van der Waals surface area contributed by atoms with Crippen molar-refractivity contribution < 1.29 is 4.79 Å². The van der Waals surface area contributed by atoms with Gasteiger partial charge in [-0.15, -0.1) is 0 Å². The molecule has 0 bridgehead atoms. The van der Waals surface area contributed by atoms with Crippen LogP contribution in [0, 0.1) is 0 Å². The first-order chi connectivity index (χ1) is 10.2. The Balaban J connectivity index is 2.27. The molecule has 0 aliphatic rings. The summed E-state index contributed by atoms with van der Waals surface area (Å²) in [5.74, 6) is 10.2. The highest BCUT2D eigenvalue weighted by molar-refractivity contribution is 6.36. The Hall–Kier alpha value is -2.35. The quantitative estimate of drug-likeness (QED) is 0.322. The fourth-order valence-electron chi connectivity index (χ4n) is 1.74. The molecule has 1 aromatic heterocycles. The lowest BCUT2D eigenvalue weighted by Crippen LogP contribution is -2.31.